The number of aliphatic imine (C=N–C) groups is 1. The van der Waals surface area contributed by atoms with E-state index in [1.54, 1.807) is 25.1 Å². The molecule has 0 fully saturated rings. The molecule has 0 saturated carbocycles. The first-order chi connectivity index (χ1) is 13.5. The average Bonchev–Trinajstić information content (AvgIpc) is 3.04. The quantitative estimate of drug-likeness (QED) is 0.233. The summed E-state index contributed by atoms with van der Waals surface area (Å²) >= 11 is 0. The van der Waals surface area contributed by atoms with Crippen molar-refractivity contribution < 1.29 is 19.2 Å². The van der Waals surface area contributed by atoms with E-state index in [0.717, 1.165) is 24.2 Å². The van der Waals surface area contributed by atoms with E-state index in [1.165, 1.54) is 6.07 Å². The van der Waals surface area contributed by atoms with Crippen LogP contribution in [0.5, 0.6) is 5.75 Å². The van der Waals surface area contributed by atoms with Gasteiger partial charge in [-0.1, -0.05) is 31.5 Å². The summed E-state index contributed by atoms with van der Waals surface area (Å²) in [7, 11) is 0. The van der Waals surface area contributed by atoms with Gasteiger partial charge in [0, 0.05) is 17.2 Å². The summed E-state index contributed by atoms with van der Waals surface area (Å²) in [6, 6.07) is 11.9. The fourth-order valence-corrected chi connectivity index (χ4v) is 2.62. The first-order valence-corrected chi connectivity index (χ1v) is 8.98. The summed E-state index contributed by atoms with van der Waals surface area (Å²) in [4.78, 5) is 27.0. The van der Waals surface area contributed by atoms with Crippen LogP contribution in [-0.4, -0.2) is 23.4 Å². The maximum absolute atomic E-state index is 12.1. The van der Waals surface area contributed by atoms with E-state index >= 15 is 0 Å². The highest BCUT2D eigenvalue weighted by Crippen LogP contribution is 2.24. The van der Waals surface area contributed by atoms with Crippen molar-refractivity contribution in [3.8, 4) is 5.75 Å². The molecule has 0 amide bonds. The van der Waals surface area contributed by atoms with Crippen LogP contribution in [0.15, 0.2) is 53.2 Å². The number of nitro groups is 1. The number of nitrogens with zero attached hydrogens (tertiary/aromatic N) is 2. The molecule has 7 heteroatoms. The molecule has 0 N–H and O–H groups in total. The van der Waals surface area contributed by atoms with Gasteiger partial charge < -0.3 is 9.47 Å². The van der Waals surface area contributed by atoms with Crippen LogP contribution in [0.2, 0.25) is 0 Å². The smallest absolute Gasteiger partial charge is 0.363 e. The van der Waals surface area contributed by atoms with Crippen LogP contribution in [0, 0.1) is 17.0 Å². The number of ether oxygens (including phenoxy) is 2. The van der Waals surface area contributed by atoms with Crippen LogP contribution in [0.1, 0.15) is 36.5 Å². The molecule has 0 aromatic heterocycles. The third kappa shape index (κ3) is 4.43. The number of unbranched alkanes of at least 4 members (excludes halogenated alkanes) is 1. The Morgan fingerprint density at radius 3 is 2.64 bits per heavy atom. The molecule has 2 aromatic rings. The summed E-state index contributed by atoms with van der Waals surface area (Å²) < 4.78 is 10.8. The Labute approximate surface area is 162 Å². The fraction of sp³-hybridized carbons (Fsp3) is 0.238. The topological polar surface area (TPSA) is 91.0 Å². The third-order valence-corrected chi connectivity index (χ3v) is 4.22. The minimum atomic E-state index is -0.596. The first kappa shape index (κ1) is 19.3. The number of rotatable bonds is 7. The lowest BCUT2D eigenvalue weighted by Gasteiger charge is -2.05. The van der Waals surface area contributed by atoms with Crippen molar-refractivity contribution in [2.45, 2.75) is 26.7 Å². The van der Waals surface area contributed by atoms with Gasteiger partial charge in [-0.25, -0.2) is 9.79 Å². The Balaban J connectivity index is 1.80. The van der Waals surface area contributed by atoms with E-state index in [9.17, 15) is 14.9 Å². The Bertz CT molecular complexity index is 961. The largest absolute Gasteiger partial charge is 0.494 e. The summed E-state index contributed by atoms with van der Waals surface area (Å²) in [5.41, 5.74) is 1.77. The van der Waals surface area contributed by atoms with E-state index in [-0.39, 0.29) is 17.3 Å². The Kier molecular flexibility index (Phi) is 5.84. The number of hydrogen-bond acceptors (Lipinski definition) is 6. The standard InChI is InChI=1S/C21H20N2O5/c1-3-4-11-27-17-9-6-15(7-10-17)12-18-21(24)28-20(22-18)16-8-5-14(2)19(13-16)23(25)26/h5-10,12-13H,3-4,11H2,1-2H3. The van der Waals surface area contributed by atoms with Crippen molar-refractivity contribution in [1.82, 2.24) is 0 Å². The maximum atomic E-state index is 12.1. The molecule has 0 unspecified atom stereocenters. The van der Waals surface area contributed by atoms with Crippen LogP contribution >= 0.6 is 0 Å². The lowest BCUT2D eigenvalue weighted by molar-refractivity contribution is -0.385. The number of carbonyl (C=O) groups excluding carboxylic acids is 1. The molecule has 1 aliphatic rings. The van der Waals surface area contributed by atoms with Crippen molar-refractivity contribution in [2.24, 2.45) is 4.99 Å². The summed E-state index contributed by atoms with van der Waals surface area (Å²) in [5, 5.41) is 11.1. The van der Waals surface area contributed by atoms with Crippen LogP contribution in [0.3, 0.4) is 0 Å². The van der Waals surface area contributed by atoms with E-state index in [0.29, 0.717) is 17.7 Å². The van der Waals surface area contributed by atoms with Crippen molar-refractivity contribution in [1.29, 1.82) is 0 Å². The molecule has 3 rings (SSSR count). The second-order valence-corrected chi connectivity index (χ2v) is 6.37. The Hall–Kier alpha value is -3.48. The molecular formula is C21H20N2O5. The summed E-state index contributed by atoms with van der Waals surface area (Å²) in [5.74, 6) is 0.223. The van der Waals surface area contributed by atoms with Gasteiger partial charge in [0.2, 0.25) is 5.90 Å². The molecule has 7 nitrogen and oxygen atoms in total. The molecular weight excluding hydrogens is 360 g/mol. The van der Waals surface area contributed by atoms with E-state index < -0.39 is 10.9 Å². The highest BCUT2D eigenvalue weighted by Gasteiger charge is 2.25. The van der Waals surface area contributed by atoms with E-state index in [1.807, 2.05) is 24.3 Å². The number of nitro benzene ring substituents is 1. The molecule has 0 saturated heterocycles. The molecule has 2 aromatic carbocycles. The minimum absolute atomic E-state index is 0.0488. The van der Waals surface area contributed by atoms with Crippen LogP contribution in [0.4, 0.5) is 5.69 Å². The number of aryl methyl sites for hydroxylation is 1. The van der Waals surface area contributed by atoms with Crippen molar-refractivity contribution in [3.05, 3.63) is 75.0 Å². The molecule has 0 bridgehead atoms. The molecule has 1 aliphatic heterocycles. The van der Waals surface area contributed by atoms with Crippen molar-refractivity contribution >= 4 is 23.6 Å². The van der Waals surface area contributed by atoms with Crippen LogP contribution < -0.4 is 4.74 Å². The molecule has 28 heavy (non-hydrogen) atoms. The summed E-state index contributed by atoms with van der Waals surface area (Å²) in [6.07, 6.45) is 3.66. The lowest BCUT2D eigenvalue weighted by atomic mass is 10.1. The zero-order valence-electron chi connectivity index (χ0n) is 15.7. The molecule has 0 spiro atoms. The Morgan fingerprint density at radius 2 is 1.96 bits per heavy atom. The average molecular weight is 380 g/mol. The monoisotopic (exact) mass is 380 g/mol. The molecule has 0 aliphatic carbocycles. The van der Waals surface area contributed by atoms with Gasteiger partial charge in [0.15, 0.2) is 5.70 Å². The molecule has 0 atom stereocenters. The van der Waals surface area contributed by atoms with Crippen molar-refractivity contribution in [2.75, 3.05) is 6.61 Å². The highest BCUT2D eigenvalue weighted by atomic mass is 16.6. The second-order valence-electron chi connectivity index (χ2n) is 6.37. The van der Waals surface area contributed by atoms with Crippen molar-refractivity contribution in [3.63, 3.8) is 0 Å². The summed E-state index contributed by atoms with van der Waals surface area (Å²) in [6.45, 7) is 4.41. The second kappa shape index (κ2) is 8.47. The van der Waals surface area contributed by atoms with Gasteiger partial charge in [0.25, 0.3) is 5.69 Å². The zero-order chi connectivity index (χ0) is 20.1. The number of cyclic esters (lactones) is 1. The van der Waals surface area contributed by atoms with E-state index in [2.05, 4.69) is 11.9 Å². The minimum Gasteiger partial charge on any atom is -0.494 e. The predicted octanol–water partition coefficient (Wildman–Crippen LogP) is 4.43. The van der Waals surface area contributed by atoms with Gasteiger partial charge in [-0.2, -0.15) is 0 Å². The van der Waals surface area contributed by atoms with Crippen LogP contribution in [-0.2, 0) is 9.53 Å². The van der Waals surface area contributed by atoms with Gasteiger partial charge in [-0.05, 0) is 43.2 Å². The number of esters is 1. The van der Waals surface area contributed by atoms with Gasteiger partial charge in [0.05, 0.1) is 11.5 Å². The van der Waals surface area contributed by atoms with Crippen LogP contribution in [0.25, 0.3) is 6.08 Å². The van der Waals surface area contributed by atoms with Gasteiger partial charge in [-0.3, -0.25) is 10.1 Å². The molecule has 144 valence electrons. The Morgan fingerprint density at radius 1 is 1.21 bits per heavy atom. The predicted molar refractivity (Wildman–Crippen MR) is 105 cm³/mol. The number of hydrogen-bond donors (Lipinski definition) is 0. The molecule has 0 radical (unpaired) electrons. The van der Waals surface area contributed by atoms with E-state index in [4.69, 9.17) is 9.47 Å². The lowest BCUT2D eigenvalue weighted by Crippen LogP contribution is -2.06. The fourth-order valence-electron chi connectivity index (χ4n) is 2.62. The van der Waals surface area contributed by atoms with Gasteiger partial charge in [-0.15, -0.1) is 0 Å². The van der Waals surface area contributed by atoms with Gasteiger partial charge in [0.1, 0.15) is 5.75 Å². The third-order valence-electron chi connectivity index (χ3n) is 4.22. The maximum Gasteiger partial charge on any atom is 0.363 e. The first-order valence-electron chi connectivity index (χ1n) is 8.98. The SMILES string of the molecule is CCCCOc1ccc(C=C2N=C(c3ccc(C)c([N+](=O)[O-])c3)OC2=O)cc1. The number of carbonyl (C=O) groups is 1. The highest BCUT2D eigenvalue weighted by molar-refractivity contribution is 6.13. The number of benzene rings is 2. The van der Waals surface area contributed by atoms with Gasteiger partial charge >= 0.3 is 5.97 Å². The zero-order valence-corrected chi connectivity index (χ0v) is 15.7. The molecule has 1 heterocycles. The normalized spacial score (nSPS) is 14.7.